The summed E-state index contributed by atoms with van der Waals surface area (Å²) < 4.78 is 0.273. The van der Waals surface area contributed by atoms with E-state index in [0.29, 0.717) is 27.5 Å². The maximum Gasteiger partial charge on any atom is 0.347 e. The molecule has 0 unspecified atom stereocenters. The second-order valence-corrected chi connectivity index (χ2v) is 9.40. The normalized spacial score (nSPS) is 19.7. The SMILES string of the molecule is CC(C)CN1C(=S)SC(C)(C)[C@H]1N(O)C(=O)Nc1ccc(Cl)cc1. The quantitative estimate of drug-likeness (QED) is 0.447. The first-order valence-corrected chi connectivity index (χ1v) is 9.26. The minimum atomic E-state index is -0.602. The molecule has 1 fully saturated rings. The lowest BCUT2D eigenvalue weighted by molar-refractivity contribution is -0.115. The largest absolute Gasteiger partial charge is 0.347 e. The highest BCUT2D eigenvalue weighted by Crippen LogP contribution is 2.42. The van der Waals surface area contributed by atoms with Crippen LogP contribution in [0.5, 0.6) is 0 Å². The molecule has 0 bridgehead atoms. The summed E-state index contributed by atoms with van der Waals surface area (Å²) in [5.41, 5.74) is 0.560. The zero-order chi connectivity index (χ0) is 18.1. The Hall–Kier alpha value is -1.02. The van der Waals surface area contributed by atoms with Gasteiger partial charge in [0, 0.05) is 17.3 Å². The minimum absolute atomic E-state index is 0.354. The summed E-state index contributed by atoms with van der Waals surface area (Å²) in [7, 11) is 0. The number of carbonyl (C=O) groups excluding carboxylic acids is 1. The number of thiocarbonyl (C=S) groups is 1. The molecule has 2 amide bonds. The van der Waals surface area contributed by atoms with Gasteiger partial charge in [0.15, 0.2) is 0 Å². The highest BCUT2D eigenvalue weighted by Gasteiger charge is 2.49. The van der Waals surface area contributed by atoms with Crippen molar-refractivity contribution in [1.82, 2.24) is 9.96 Å². The number of rotatable bonds is 4. The van der Waals surface area contributed by atoms with Gasteiger partial charge in [0.1, 0.15) is 10.5 Å². The van der Waals surface area contributed by atoms with Crippen molar-refractivity contribution < 1.29 is 10.0 Å². The van der Waals surface area contributed by atoms with E-state index in [-0.39, 0.29) is 0 Å². The van der Waals surface area contributed by atoms with Crippen LogP contribution in [0.1, 0.15) is 27.7 Å². The van der Waals surface area contributed by atoms with Crippen molar-refractivity contribution in [3.8, 4) is 0 Å². The summed E-state index contributed by atoms with van der Waals surface area (Å²) in [4.78, 5) is 14.4. The Morgan fingerprint density at radius 2 is 2.04 bits per heavy atom. The average molecular weight is 388 g/mol. The first-order chi connectivity index (χ1) is 11.1. The van der Waals surface area contributed by atoms with E-state index < -0.39 is 16.9 Å². The predicted molar refractivity (Wildman–Crippen MR) is 104 cm³/mol. The molecule has 0 spiro atoms. The van der Waals surface area contributed by atoms with Crippen LogP contribution in [-0.4, -0.2) is 43.0 Å². The van der Waals surface area contributed by atoms with Crippen LogP contribution in [0.25, 0.3) is 0 Å². The van der Waals surface area contributed by atoms with Gasteiger partial charge in [-0.15, -0.1) is 0 Å². The summed E-state index contributed by atoms with van der Waals surface area (Å²) >= 11 is 12.8. The molecule has 2 rings (SSSR count). The zero-order valence-electron chi connectivity index (χ0n) is 14.1. The van der Waals surface area contributed by atoms with Crippen molar-refractivity contribution in [1.29, 1.82) is 0 Å². The number of benzene rings is 1. The number of urea groups is 1. The monoisotopic (exact) mass is 387 g/mol. The second-order valence-electron chi connectivity index (χ2n) is 6.67. The third kappa shape index (κ3) is 4.33. The van der Waals surface area contributed by atoms with E-state index in [0.717, 1.165) is 5.06 Å². The lowest BCUT2D eigenvalue weighted by Crippen LogP contribution is -2.56. The van der Waals surface area contributed by atoms with Gasteiger partial charge in [-0.25, -0.2) is 4.79 Å². The van der Waals surface area contributed by atoms with Crippen LogP contribution in [0.2, 0.25) is 5.02 Å². The van der Waals surface area contributed by atoms with E-state index in [2.05, 4.69) is 19.2 Å². The average Bonchev–Trinajstić information content (AvgIpc) is 2.69. The van der Waals surface area contributed by atoms with Crippen LogP contribution in [0.15, 0.2) is 24.3 Å². The number of nitrogens with one attached hydrogen (secondary N) is 1. The van der Waals surface area contributed by atoms with E-state index in [4.69, 9.17) is 23.8 Å². The standard InChI is InChI=1S/C16H22ClN3O2S2/c1-10(2)9-19-13(16(3,4)24-15(19)23)20(22)14(21)18-12-7-5-11(17)6-8-12/h5-8,10,13,22H,9H2,1-4H3,(H,18,21)/t13-/m1/s1. The summed E-state index contributed by atoms with van der Waals surface area (Å²) in [6.45, 7) is 8.75. The van der Waals surface area contributed by atoms with Crippen molar-refractivity contribution in [2.45, 2.75) is 38.6 Å². The lowest BCUT2D eigenvalue weighted by Gasteiger charge is -2.37. The van der Waals surface area contributed by atoms with Gasteiger partial charge in [-0.2, -0.15) is 5.06 Å². The third-order valence-electron chi connectivity index (χ3n) is 3.60. The lowest BCUT2D eigenvalue weighted by atomic mass is 10.1. The first kappa shape index (κ1) is 19.3. The summed E-state index contributed by atoms with van der Waals surface area (Å²) in [5, 5.41) is 14.5. The number of halogens is 1. The Kier molecular flexibility index (Phi) is 6.01. The zero-order valence-corrected chi connectivity index (χ0v) is 16.5. The molecule has 1 aromatic rings. The van der Waals surface area contributed by atoms with Crippen LogP contribution >= 0.6 is 35.6 Å². The first-order valence-electron chi connectivity index (χ1n) is 7.66. The molecule has 5 nitrogen and oxygen atoms in total. The number of hydrogen-bond donors (Lipinski definition) is 2. The Morgan fingerprint density at radius 3 is 2.58 bits per heavy atom. The Bertz CT molecular complexity index is 622. The molecule has 0 radical (unpaired) electrons. The Morgan fingerprint density at radius 1 is 1.46 bits per heavy atom. The summed E-state index contributed by atoms with van der Waals surface area (Å²) in [6, 6.07) is 6.11. The molecule has 1 atom stereocenters. The van der Waals surface area contributed by atoms with Gasteiger partial charge in [0.25, 0.3) is 0 Å². The molecule has 0 aliphatic carbocycles. The highest BCUT2D eigenvalue weighted by molar-refractivity contribution is 8.24. The van der Waals surface area contributed by atoms with E-state index in [1.165, 1.54) is 11.8 Å². The van der Waals surface area contributed by atoms with Crippen molar-refractivity contribution in [3.05, 3.63) is 29.3 Å². The molecule has 8 heteroatoms. The Balaban J connectivity index is 2.17. The molecule has 0 aromatic heterocycles. The van der Waals surface area contributed by atoms with Gasteiger partial charge in [0.2, 0.25) is 0 Å². The van der Waals surface area contributed by atoms with Gasteiger partial charge in [-0.3, -0.25) is 5.21 Å². The molecule has 2 N–H and O–H groups in total. The van der Waals surface area contributed by atoms with Crippen molar-refractivity contribution in [2.24, 2.45) is 5.92 Å². The fourth-order valence-corrected chi connectivity index (χ4v) is 4.65. The molecular weight excluding hydrogens is 366 g/mol. The third-order valence-corrected chi connectivity index (χ3v) is 5.48. The number of carbonyl (C=O) groups is 1. The van der Waals surface area contributed by atoms with Gasteiger partial charge in [-0.1, -0.05) is 49.4 Å². The van der Waals surface area contributed by atoms with Gasteiger partial charge >= 0.3 is 6.03 Å². The minimum Gasteiger partial charge on any atom is -0.333 e. The maximum absolute atomic E-state index is 12.5. The molecule has 24 heavy (non-hydrogen) atoms. The molecule has 1 heterocycles. The molecule has 132 valence electrons. The topological polar surface area (TPSA) is 55.8 Å². The summed E-state index contributed by atoms with van der Waals surface area (Å²) in [6.07, 6.45) is -0.537. The predicted octanol–water partition coefficient (Wildman–Crippen LogP) is 4.66. The smallest absolute Gasteiger partial charge is 0.333 e. The second kappa shape index (κ2) is 7.47. The molecule has 1 saturated heterocycles. The number of hydroxylamine groups is 2. The van der Waals surface area contributed by atoms with E-state index >= 15 is 0 Å². The van der Waals surface area contributed by atoms with Gasteiger partial charge < -0.3 is 10.2 Å². The highest BCUT2D eigenvalue weighted by atomic mass is 35.5. The van der Waals surface area contributed by atoms with Crippen LogP contribution in [0, 0.1) is 5.92 Å². The van der Waals surface area contributed by atoms with E-state index in [1.54, 1.807) is 24.3 Å². The van der Waals surface area contributed by atoms with Gasteiger partial charge in [-0.05, 0) is 44.0 Å². The van der Waals surface area contributed by atoms with E-state index in [1.807, 2.05) is 18.7 Å². The molecule has 1 aliphatic heterocycles. The Labute approximate surface area is 157 Å². The number of nitrogens with zero attached hydrogens (tertiary/aromatic N) is 2. The number of anilines is 1. The van der Waals surface area contributed by atoms with Crippen molar-refractivity contribution >= 4 is 51.6 Å². The van der Waals surface area contributed by atoms with Crippen molar-refractivity contribution in [2.75, 3.05) is 11.9 Å². The molecule has 1 aromatic carbocycles. The number of thioether (sulfide) groups is 1. The fourth-order valence-electron chi connectivity index (χ4n) is 2.63. The van der Waals surface area contributed by atoms with Gasteiger partial charge in [0.05, 0.1) is 4.75 Å². The molecule has 1 aliphatic rings. The van der Waals surface area contributed by atoms with Crippen molar-refractivity contribution in [3.63, 3.8) is 0 Å². The summed E-state index contributed by atoms with van der Waals surface area (Å²) in [5.74, 6) is 0.354. The fraction of sp³-hybridized carbons (Fsp3) is 0.500. The number of hydrogen-bond acceptors (Lipinski definition) is 4. The van der Waals surface area contributed by atoms with Crippen LogP contribution < -0.4 is 5.32 Å². The molecular formula is C16H22ClN3O2S2. The molecule has 0 saturated carbocycles. The van der Waals surface area contributed by atoms with Crippen LogP contribution in [0.4, 0.5) is 10.5 Å². The van der Waals surface area contributed by atoms with Crippen LogP contribution in [0.3, 0.4) is 0 Å². The maximum atomic E-state index is 12.5. The van der Waals surface area contributed by atoms with Crippen LogP contribution in [-0.2, 0) is 0 Å². The van der Waals surface area contributed by atoms with E-state index in [9.17, 15) is 10.0 Å². The number of amides is 2.